The zero-order chi connectivity index (χ0) is 19.1. The Morgan fingerprint density at radius 3 is 2.40 bits per heavy atom. The molecule has 1 atom stereocenters. The van der Waals surface area contributed by atoms with E-state index in [4.69, 9.17) is 19.3 Å². The Bertz CT molecular complexity index is 716. The van der Waals surface area contributed by atoms with Gasteiger partial charge in [-0.2, -0.15) is 13.7 Å². The van der Waals surface area contributed by atoms with Gasteiger partial charge in [0.05, 0.1) is 24.0 Å². The predicted octanol–water partition coefficient (Wildman–Crippen LogP) is 1.97. The minimum atomic E-state index is -4.24. The molecule has 0 heterocycles. The van der Waals surface area contributed by atoms with Gasteiger partial charge in [-0.25, -0.2) is 4.79 Å². The first-order valence-corrected chi connectivity index (χ1v) is 9.14. The van der Waals surface area contributed by atoms with E-state index in [2.05, 4.69) is 5.32 Å². The van der Waals surface area contributed by atoms with Crippen LogP contribution < -0.4 is 10.1 Å². The average Bonchev–Trinajstić information content (AvgIpc) is 2.47. The van der Waals surface area contributed by atoms with Crippen molar-refractivity contribution in [3.05, 3.63) is 29.8 Å². The van der Waals surface area contributed by atoms with Crippen LogP contribution >= 0.6 is 0 Å². The van der Waals surface area contributed by atoms with Crippen LogP contribution in [0.15, 0.2) is 24.3 Å². The van der Waals surface area contributed by atoms with E-state index in [1.807, 2.05) is 6.07 Å². The van der Waals surface area contributed by atoms with Gasteiger partial charge in [0.1, 0.15) is 11.4 Å². The van der Waals surface area contributed by atoms with Crippen molar-refractivity contribution in [1.82, 2.24) is 5.32 Å². The fourth-order valence-electron chi connectivity index (χ4n) is 1.85. The molecule has 1 aromatic carbocycles. The van der Waals surface area contributed by atoms with Gasteiger partial charge in [-0.15, -0.1) is 0 Å². The maximum Gasteiger partial charge on any atom is 0.407 e. The highest BCUT2D eigenvalue weighted by molar-refractivity contribution is 7.85. The molecule has 0 aliphatic carbocycles. The van der Waals surface area contributed by atoms with Gasteiger partial charge < -0.3 is 14.8 Å². The molecule has 0 aliphatic rings. The van der Waals surface area contributed by atoms with Crippen LogP contribution in [0.3, 0.4) is 0 Å². The summed E-state index contributed by atoms with van der Waals surface area (Å²) in [7, 11) is -4.24. The van der Waals surface area contributed by atoms with Gasteiger partial charge in [0.15, 0.2) is 0 Å². The van der Waals surface area contributed by atoms with E-state index < -0.39 is 33.5 Å². The normalized spacial score (nSPS) is 12.8. The number of nitrogens with one attached hydrogen (secondary N) is 1. The number of rotatable bonds is 7. The van der Waals surface area contributed by atoms with Crippen molar-refractivity contribution in [2.75, 3.05) is 18.9 Å². The van der Waals surface area contributed by atoms with E-state index >= 15 is 0 Å². The summed E-state index contributed by atoms with van der Waals surface area (Å²) in [6.45, 7) is 5.01. The standard InChI is InChI=1S/C16H22N2O6S/c1-16(2,3)24-15(19)18-9-13(11-25(20,21)22)10-23-14-6-4-12(8-17)5-7-14/h4-7,13H,9-11H2,1-3H3,(H,18,19)(H,20,21,22). The summed E-state index contributed by atoms with van der Waals surface area (Å²) in [4.78, 5) is 11.7. The SMILES string of the molecule is CC(C)(C)OC(=O)NCC(COc1ccc(C#N)cc1)CS(=O)(=O)O. The zero-order valence-electron chi connectivity index (χ0n) is 14.4. The van der Waals surface area contributed by atoms with Crippen LogP contribution in [-0.4, -0.2) is 43.6 Å². The Balaban J connectivity index is 2.63. The Hall–Kier alpha value is -2.31. The second kappa shape index (κ2) is 8.69. The van der Waals surface area contributed by atoms with Crippen molar-refractivity contribution in [2.45, 2.75) is 26.4 Å². The highest BCUT2D eigenvalue weighted by Crippen LogP contribution is 2.13. The summed E-state index contributed by atoms with van der Waals surface area (Å²) in [5, 5.41) is 11.2. The molecule has 0 aromatic heterocycles. The third kappa shape index (κ3) is 9.54. The summed E-state index contributed by atoms with van der Waals surface area (Å²) in [5.41, 5.74) is -0.213. The van der Waals surface area contributed by atoms with Crippen molar-refractivity contribution in [3.63, 3.8) is 0 Å². The third-order valence-corrected chi connectivity index (χ3v) is 3.74. The fraction of sp³-hybridized carbons (Fsp3) is 0.500. The van der Waals surface area contributed by atoms with Crippen molar-refractivity contribution in [1.29, 1.82) is 5.26 Å². The highest BCUT2D eigenvalue weighted by atomic mass is 32.2. The number of nitrogens with zero attached hydrogens (tertiary/aromatic N) is 1. The molecule has 25 heavy (non-hydrogen) atoms. The summed E-state index contributed by atoms with van der Waals surface area (Å²) in [6.07, 6.45) is -0.689. The second-order valence-corrected chi connectivity index (χ2v) is 7.94. The van der Waals surface area contributed by atoms with Crippen LogP contribution in [-0.2, 0) is 14.9 Å². The van der Waals surface area contributed by atoms with E-state index in [1.165, 1.54) is 0 Å². The summed E-state index contributed by atoms with van der Waals surface area (Å²) < 4.78 is 41.8. The number of ether oxygens (including phenoxy) is 2. The maximum atomic E-state index is 11.7. The Labute approximate surface area is 147 Å². The Morgan fingerprint density at radius 2 is 1.92 bits per heavy atom. The van der Waals surface area contributed by atoms with Crippen molar-refractivity contribution < 1.29 is 27.2 Å². The van der Waals surface area contributed by atoms with Crippen LogP contribution in [0.25, 0.3) is 0 Å². The highest BCUT2D eigenvalue weighted by Gasteiger charge is 2.21. The molecule has 0 saturated heterocycles. The van der Waals surface area contributed by atoms with Crippen LogP contribution in [0.2, 0.25) is 0 Å². The number of hydrogen-bond acceptors (Lipinski definition) is 6. The molecule has 2 N–H and O–H groups in total. The summed E-state index contributed by atoms with van der Waals surface area (Å²) in [5.74, 6) is -0.811. The largest absolute Gasteiger partial charge is 0.493 e. The zero-order valence-corrected chi connectivity index (χ0v) is 15.2. The van der Waals surface area contributed by atoms with Crippen LogP contribution in [0, 0.1) is 17.2 Å². The number of amides is 1. The second-order valence-electron chi connectivity index (χ2n) is 6.44. The van der Waals surface area contributed by atoms with Gasteiger partial charge in [-0.05, 0) is 45.0 Å². The first kappa shape index (κ1) is 20.7. The molecule has 1 aromatic rings. The average molecular weight is 370 g/mol. The lowest BCUT2D eigenvalue weighted by atomic mass is 10.2. The first-order valence-electron chi connectivity index (χ1n) is 7.53. The van der Waals surface area contributed by atoms with E-state index in [0.29, 0.717) is 11.3 Å². The number of carbonyl (C=O) groups is 1. The fourth-order valence-corrected chi connectivity index (χ4v) is 2.66. The van der Waals surface area contributed by atoms with Gasteiger partial charge in [-0.1, -0.05) is 0 Å². The van der Waals surface area contributed by atoms with Gasteiger partial charge in [-0.3, -0.25) is 4.55 Å². The molecule has 9 heteroatoms. The molecule has 1 rings (SSSR count). The van der Waals surface area contributed by atoms with Crippen LogP contribution in [0.4, 0.5) is 4.79 Å². The van der Waals surface area contributed by atoms with Crippen molar-refractivity contribution >= 4 is 16.2 Å². The molecular weight excluding hydrogens is 348 g/mol. The molecule has 0 spiro atoms. The molecule has 0 bridgehead atoms. The molecule has 8 nitrogen and oxygen atoms in total. The van der Waals surface area contributed by atoms with E-state index in [1.54, 1.807) is 45.0 Å². The van der Waals surface area contributed by atoms with E-state index in [0.717, 1.165) is 0 Å². The predicted molar refractivity (Wildman–Crippen MR) is 90.8 cm³/mol. The Morgan fingerprint density at radius 1 is 1.32 bits per heavy atom. The molecule has 0 saturated carbocycles. The van der Waals surface area contributed by atoms with E-state index in [9.17, 15) is 13.2 Å². The van der Waals surface area contributed by atoms with Gasteiger partial charge >= 0.3 is 6.09 Å². The Kier molecular flexibility index (Phi) is 7.21. The lowest BCUT2D eigenvalue weighted by molar-refractivity contribution is 0.0516. The lowest BCUT2D eigenvalue weighted by Crippen LogP contribution is -2.38. The van der Waals surface area contributed by atoms with Crippen molar-refractivity contribution in [2.24, 2.45) is 5.92 Å². The van der Waals surface area contributed by atoms with Crippen molar-refractivity contribution in [3.8, 4) is 11.8 Å². The molecular formula is C16H22N2O6S. The van der Waals surface area contributed by atoms with E-state index in [-0.39, 0.29) is 13.2 Å². The molecule has 0 aliphatic heterocycles. The summed E-state index contributed by atoms with van der Waals surface area (Å²) >= 11 is 0. The molecule has 0 radical (unpaired) electrons. The molecule has 1 amide bonds. The molecule has 1 unspecified atom stereocenters. The maximum absolute atomic E-state index is 11.7. The lowest BCUT2D eigenvalue weighted by Gasteiger charge is -2.21. The number of alkyl carbamates (subject to hydrolysis) is 1. The van der Waals surface area contributed by atoms with Crippen LogP contribution in [0.5, 0.6) is 5.75 Å². The van der Waals surface area contributed by atoms with Crippen LogP contribution in [0.1, 0.15) is 26.3 Å². The summed E-state index contributed by atoms with van der Waals surface area (Å²) in [6, 6.07) is 8.24. The molecule has 0 fully saturated rings. The van der Waals surface area contributed by atoms with Gasteiger partial charge in [0, 0.05) is 12.5 Å². The van der Waals surface area contributed by atoms with Gasteiger partial charge in [0.25, 0.3) is 10.1 Å². The number of benzene rings is 1. The number of nitriles is 1. The number of carbonyl (C=O) groups excluding carboxylic acids is 1. The quantitative estimate of drug-likeness (QED) is 0.703. The molecule has 138 valence electrons. The smallest absolute Gasteiger partial charge is 0.407 e. The number of hydrogen-bond donors (Lipinski definition) is 2. The minimum absolute atomic E-state index is 0.0506. The monoisotopic (exact) mass is 370 g/mol. The first-order chi connectivity index (χ1) is 11.5. The minimum Gasteiger partial charge on any atom is -0.493 e. The topological polar surface area (TPSA) is 126 Å². The van der Waals surface area contributed by atoms with Gasteiger partial charge in [0.2, 0.25) is 0 Å². The third-order valence-electron chi connectivity index (χ3n) is 2.85.